The van der Waals surface area contributed by atoms with E-state index in [0.717, 1.165) is 10.0 Å². The van der Waals surface area contributed by atoms with Gasteiger partial charge in [-0.3, -0.25) is 0 Å². The van der Waals surface area contributed by atoms with Gasteiger partial charge in [-0.05, 0) is 24.3 Å². The van der Waals surface area contributed by atoms with Crippen molar-refractivity contribution in [1.82, 2.24) is 0 Å². The van der Waals surface area contributed by atoms with E-state index in [1.807, 2.05) is 17.0 Å². The average Bonchev–Trinajstić information content (AvgIpc) is 2.70. The zero-order valence-corrected chi connectivity index (χ0v) is 12.5. The number of hydrogen-bond donors (Lipinski definition) is 0. The Kier molecular flexibility index (Phi) is 3.09. The molecule has 0 saturated carbocycles. The van der Waals surface area contributed by atoms with E-state index in [1.165, 1.54) is 11.8 Å². The Hall–Kier alpha value is -0.300. The molecular formula is C11H10ClNO2S3. The number of thiocarbonyl (C=S) groups is 1. The van der Waals surface area contributed by atoms with Gasteiger partial charge in [-0.25, -0.2) is 8.42 Å². The second kappa shape index (κ2) is 4.37. The van der Waals surface area contributed by atoms with Crippen LogP contribution in [0.15, 0.2) is 24.3 Å². The van der Waals surface area contributed by atoms with Gasteiger partial charge in [-0.15, -0.1) is 0 Å². The predicted molar refractivity (Wildman–Crippen MR) is 80.3 cm³/mol. The van der Waals surface area contributed by atoms with Crippen LogP contribution in [0.25, 0.3) is 0 Å². The van der Waals surface area contributed by atoms with Gasteiger partial charge >= 0.3 is 0 Å². The zero-order chi connectivity index (χ0) is 12.9. The fraction of sp³-hybridized carbons (Fsp3) is 0.364. The number of thioether (sulfide) groups is 1. The molecule has 2 aliphatic heterocycles. The van der Waals surface area contributed by atoms with E-state index in [2.05, 4.69) is 0 Å². The van der Waals surface area contributed by atoms with Gasteiger partial charge in [-0.2, -0.15) is 0 Å². The first-order chi connectivity index (χ1) is 8.46. The summed E-state index contributed by atoms with van der Waals surface area (Å²) in [4.78, 5) is 1.95. The first kappa shape index (κ1) is 12.7. The first-order valence-corrected chi connectivity index (χ1v) is 8.91. The molecule has 2 unspecified atom stereocenters. The summed E-state index contributed by atoms with van der Waals surface area (Å²) in [7, 11) is -2.93. The number of rotatable bonds is 1. The molecular weight excluding hydrogens is 310 g/mol. The number of fused-ring (bicyclic) bond motifs is 1. The van der Waals surface area contributed by atoms with Crippen molar-refractivity contribution in [2.45, 2.75) is 11.3 Å². The lowest BCUT2D eigenvalue weighted by Crippen LogP contribution is -2.36. The highest BCUT2D eigenvalue weighted by molar-refractivity contribution is 8.24. The molecule has 1 aromatic rings. The molecule has 3 rings (SSSR count). The number of hydrogen-bond acceptors (Lipinski definition) is 4. The van der Waals surface area contributed by atoms with Gasteiger partial charge in [0.2, 0.25) is 0 Å². The lowest BCUT2D eigenvalue weighted by atomic mass is 10.2. The van der Waals surface area contributed by atoms with E-state index in [9.17, 15) is 8.42 Å². The Morgan fingerprint density at radius 3 is 2.61 bits per heavy atom. The molecule has 96 valence electrons. The van der Waals surface area contributed by atoms with Crippen molar-refractivity contribution in [2.24, 2.45) is 0 Å². The van der Waals surface area contributed by atoms with Crippen LogP contribution in [0.1, 0.15) is 0 Å². The normalized spacial score (nSPS) is 29.6. The van der Waals surface area contributed by atoms with Gasteiger partial charge in [0, 0.05) is 16.0 Å². The maximum Gasteiger partial charge on any atom is 0.153 e. The molecule has 1 aromatic carbocycles. The summed E-state index contributed by atoms with van der Waals surface area (Å²) in [5.41, 5.74) is 0.918. The Morgan fingerprint density at radius 1 is 1.28 bits per heavy atom. The van der Waals surface area contributed by atoms with Crippen molar-refractivity contribution in [3.63, 3.8) is 0 Å². The quantitative estimate of drug-likeness (QED) is 0.743. The summed E-state index contributed by atoms with van der Waals surface area (Å²) in [5, 5.41) is 0.727. The summed E-state index contributed by atoms with van der Waals surface area (Å²) in [6.07, 6.45) is 0. The minimum atomic E-state index is -2.93. The Morgan fingerprint density at radius 2 is 1.94 bits per heavy atom. The molecule has 0 radical (unpaired) electrons. The van der Waals surface area contributed by atoms with Crippen LogP contribution in [-0.2, 0) is 9.84 Å². The van der Waals surface area contributed by atoms with Crippen LogP contribution in [-0.4, -0.2) is 35.5 Å². The SMILES string of the molecule is O=S1(=O)CC2SC(=S)N(c3ccc(Cl)cc3)C2C1. The number of anilines is 1. The van der Waals surface area contributed by atoms with Crippen molar-refractivity contribution < 1.29 is 8.42 Å². The summed E-state index contributed by atoms with van der Waals surface area (Å²) in [6.45, 7) is 0. The zero-order valence-electron chi connectivity index (χ0n) is 9.24. The maximum absolute atomic E-state index is 11.7. The summed E-state index contributed by atoms with van der Waals surface area (Å²) < 4.78 is 24.1. The largest absolute Gasteiger partial charge is 0.322 e. The van der Waals surface area contributed by atoms with Crippen molar-refractivity contribution in [3.05, 3.63) is 29.3 Å². The third-order valence-corrected chi connectivity index (χ3v) is 7.00. The van der Waals surface area contributed by atoms with E-state index < -0.39 is 9.84 Å². The van der Waals surface area contributed by atoms with E-state index in [1.54, 1.807) is 12.1 Å². The molecule has 2 heterocycles. The molecule has 0 aliphatic carbocycles. The second-order valence-corrected chi connectivity index (χ2v) is 8.88. The fourth-order valence-electron chi connectivity index (χ4n) is 2.37. The third kappa shape index (κ3) is 2.15. The molecule has 0 bridgehead atoms. The number of halogens is 1. The molecule has 0 amide bonds. The van der Waals surface area contributed by atoms with Gasteiger partial charge in [0.15, 0.2) is 9.84 Å². The van der Waals surface area contributed by atoms with E-state index in [-0.39, 0.29) is 22.8 Å². The number of benzene rings is 1. The molecule has 0 spiro atoms. The second-order valence-electron chi connectivity index (χ2n) is 4.41. The van der Waals surface area contributed by atoms with Gasteiger partial charge in [0.05, 0.1) is 17.5 Å². The lowest BCUT2D eigenvalue weighted by molar-refractivity contribution is 0.601. The van der Waals surface area contributed by atoms with Crippen LogP contribution in [0.2, 0.25) is 5.02 Å². The summed E-state index contributed by atoms with van der Waals surface area (Å²) in [5.74, 6) is 0.417. The monoisotopic (exact) mass is 319 g/mol. The van der Waals surface area contributed by atoms with Gasteiger partial charge in [0.1, 0.15) is 4.32 Å². The van der Waals surface area contributed by atoms with Crippen LogP contribution >= 0.6 is 35.6 Å². The van der Waals surface area contributed by atoms with Crippen LogP contribution in [0.4, 0.5) is 5.69 Å². The summed E-state index contributed by atoms with van der Waals surface area (Å²) >= 11 is 12.7. The smallest absolute Gasteiger partial charge is 0.153 e. The highest BCUT2D eigenvalue weighted by atomic mass is 35.5. The Bertz CT molecular complexity index is 599. The molecule has 18 heavy (non-hydrogen) atoms. The molecule has 2 atom stereocenters. The van der Waals surface area contributed by atoms with E-state index in [4.69, 9.17) is 23.8 Å². The van der Waals surface area contributed by atoms with Crippen molar-refractivity contribution in [2.75, 3.05) is 16.4 Å². The molecule has 0 N–H and O–H groups in total. The van der Waals surface area contributed by atoms with Crippen molar-refractivity contribution in [3.8, 4) is 0 Å². The number of sulfone groups is 1. The minimum absolute atomic E-state index is 0.0336. The molecule has 3 nitrogen and oxygen atoms in total. The first-order valence-electron chi connectivity index (χ1n) is 5.42. The van der Waals surface area contributed by atoms with E-state index >= 15 is 0 Å². The van der Waals surface area contributed by atoms with Crippen LogP contribution in [0.5, 0.6) is 0 Å². The third-order valence-electron chi connectivity index (χ3n) is 3.16. The number of nitrogens with zero attached hydrogens (tertiary/aromatic N) is 1. The average molecular weight is 320 g/mol. The molecule has 2 saturated heterocycles. The standard InChI is InChI=1S/C11H10ClNO2S3/c12-7-1-3-8(4-2-7)13-9-5-18(14,15)6-10(9)17-11(13)16/h1-4,9-10H,5-6H2. The predicted octanol–water partition coefficient (Wildman–Crippen LogP) is 2.34. The van der Waals surface area contributed by atoms with E-state index in [0.29, 0.717) is 5.02 Å². The van der Waals surface area contributed by atoms with Crippen LogP contribution in [0, 0.1) is 0 Å². The topological polar surface area (TPSA) is 37.4 Å². The highest BCUT2D eigenvalue weighted by Crippen LogP contribution is 2.40. The van der Waals surface area contributed by atoms with Crippen molar-refractivity contribution >= 4 is 55.4 Å². The van der Waals surface area contributed by atoms with Crippen molar-refractivity contribution in [1.29, 1.82) is 0 Å². The molecule has 7 heteroatoms. The van der Waals surface area contributed by atoms with Gasteiger partial charge in [0.25, 0.3) is 0 Å². The van der Waals surface area contributed by atoms with Gasteiger partial charge in [-0.1, -0.05) is 35.6 Å². The van der Waals surface area contributed by atoms with Crippen LogP contribution < -0.4 is 4.90 Å². The molecule has 0 aromatic heterocycles. The Labute approximate surface area is 120 Å². The fourth-order valence-corrected chi connectivity index (χ4v) is 6.87. The lowest BCUT2D eigenvalue weighted by Gasteiger charge is -2.23. The molecule has 2 fully saturated rings. The summed E-state index contributed by atoms with van der Waals surface area (Å²) in [6, 6.07) is 7.31. The molecule has 2 aliphatic rings. The highest BCUT2D eigenvalue weighted by Gasteiger charge is 2.48. The van der Waals surface area contributed by atoms with Gasteiger partial charge < -0.3 is 4.90 Å². The van der Waals surface area contributed by atoms with Crippen LogP contribution in [0.3, 0.4) is 0 Å². The minimum Gasteiger partial charge on any atom is -0.322 e. The Balaban J connectivity index is 1.96. The maximum atomic E-state index is 11.7.